The molecule has 1 fully saturated rings. The number of morpholine rings is 1. The Morgan fingerprint density at radius 3 is 2.31 bits per heavy atom. The minimum Gasteiger partial charge on any atom is -0.378 e. The quantitative estimate of drug-likeness (QED) is 0.588. The van der Waals surface area contributed by atoms with Gasteiger partial charge < -0.3 is 15.0 Å². The number of nitrogens with one attached hydrogen (secondary N) is 2. The lowest BCUT2D eigenvalue weighted by atomic mass is 10.2. The van der Waals surface area contributed by atoms with Crippen molar-refractivity contribution in [3.8, 4) is 6.07 Å². The highest BCUT2D eigenvalue weighted by Crippen LogP contribution is 2.22. The lowest BCUT2D eigenvalue weighted by molar-refractivity contribution is 0.122. The maximum Gasteiger partial charge on any atom is 0.261 e. The van der Waals surface area contributed by atoms with Crippen LogP contribution >= 0.6 is 0 Å². The molecular formula is C22H22N6O3S. The van der Waals surface area contributed by atoms with Crippen LogP contribution in [0.3, 0.4) is 0 Å². The van der Waals surface area contributed by atoms with Crippen LogP contribution in [0.5, 0.6) is 0 Å². The zero-order valence-electron chi connectivity index (χ0n) is 17.4. The summed E-state index contributed by atoms with van der Waals surface area (Å²) in [5, 5.41) is 12.1. The Bertz CT molecular complexity index is 1230. The van der Waals surface area contributed by atoms with E-state index in [-0.39, 0.29) is 4.90 Å². The Labute approximate surface area is 186 Å². The second kappa shape index (κ2) is 9.21. The van der Waals surface area contributed by atoms with Crippen LogP contribution in [0.2, 0.25) is 0 Å². The molecule has 1 aliphatic rings. The molecule has 0 bridgehead atoms. The number of aryl methyl sites for hydroxylation is 1. The third-order valence-corrected chi connectivity index (χ3v) is 6.24. The van der Waals surface area contributed by atoms with Gasteiger partial charge in [0.2, 0.25) is 5.95 Å². The molecule has 1 saturated heterocycles. The Morgan fingerprint density at radius 2 is 1.66 bits per heavy atom. The van der Waals surface area contributed by atoms with Gasteiger partial charge in [-0.3, -0.25) is 4.72 Å². The lowest BCUT2D eigenvalue weighted by Crippen LogP contribution is -2.37. The van der Waals surface area contributed by atoms with Gasteiger partial charge in [-0.15, -0.1) is 0 Å². The topological polar surface area (TPSA) is 120 Å². The van der Waals surface area contributed by atoms with Gasteiger partial charge >= 0.3 is 0 Å². The Balaban J connectivity index is 1.46. The van der Waals surface area contributed by atoms with Crippen LogP contribution in [0.15, 0.2) is 59.5 Å². The van der Waals surface area contributed by atoms with Crippen molar-refractivity contribution in [1.82, 2.24) is 9.97 Å². The van der Waals surface area contributed by atoms with E-state index >= 15 is 0 Å². The molecule has 4 rings (SSSR count). The van der Waals surface area contributed by atoms with Crippen LogP contribution in [0, 0.1) is 18.3 Å². The highest BCUT2D eigenvalue weighted by atomic mass is 32.2. The molecule has 2 aromatic carbocycles. The molecule has 2 N–H and O–H groups in total. The maximum absolute atomic E-state index is 12.6. The zero-order valence-corrected chi connectivity index (χ0v) is 18.3. The van der Waals surface area contributed by atoms with Crippen molar-refractivity contribution in [3.05, 3.63) is 65.9 Å². The highest BCUT2D eigenvalue weighted by Gasteiger charge is 2.16. The molecule has 3 aromatic rings. The maximum atomic E-state index is 12.6. The van der Waals surface area contributed by atoms with E-state index in [1.807, 2.05) is 19.1 Å². The van der Waals surface area contributed by atoms with Crippen LogP contribution in [0.4, 0.5) is 23.1 Å². The molecule has 0 amide bonds. The van der Waals surface area contributed by atoms with Crippen molar-refractivity contribution in [2.45, 2.75) is 11.8 Å². The van der Waals surface area contributed by atoms with Gasteiger partial charge in [0.05, 0.1) is 29.7 Å². The van der Waals surface area contributed by atoms with Crippen molar-refractivity contribution in [1.29, 1.82) is 5.26 Å². The van der Waals surface area contributed by atoms with E-state index in [0.717, 1.165) is 24.5 Å². The smallest absolute Gasteiger partial charge is 0.261 e. The van der Waals surface area contributed by atoms with Crippen molar-refractivity contribution in [2.75, 3.05) is 41.2 Å². The first-order valence-corrected chi connectivity index (χ1v) is 11.5. The van der Waals surface area contributed by atoms with Crippen molar-refractivity contribution in [2.24, 2.45) is 0 Å². The molecule has 1 aliphatic heterocycles. The Morgan fingerprint density at radius 1 is 1.00 bits per heavy atom. The highest BCUT2D eigenvalue weighted by molar-refractivity contribution is 7.92. The number of nitrogens with zero attached hydrogens (tertiary/aromatic N) is 4. The summed E-state index contributed by atoms with van der Waals surface area (Å²) in [5.41, 5.74) is 2.43. The number of nitriles is 1. The minimum absolute atomic E-state index is 0.0887. The minimum atomic E-state index is -3.75. The van der Waals surface area contributed by atoms with E-state index in [9.17, 15) is 8.42 Å². The summed E-state index contributed by atoms with van der Waals surface area (Å²) in [4.78, 5) is 11.3. The third-order valence-electron chi connectivity index (χ3n) is 4.84. The SMILES string of the molecule is Cc1cc(Nc2ccc(NS(=O)(=O)c3ccc(C#N)cc3)cc2)nc(N2CCOCC2)n1. The first-order valence-electron chi connectivity index (χ1n) is 10.0. The van der Waals surface area contributed by atoms with E-state index in [1.54, 1.807) is 24.3 Å². The normalized spacial score (nSPS) is 13.9. The number of rotatable bonds is 6. The van der Waals surface area contributed by atoms with Gasteiger partial charge in [-0.25, -0.2) is 13.4 Å². The summed E-state index contributed by atoms with van der Waals surface area (Å²) in [5.74, 6) is 1.31. The predicted octanol–water partition coefficient (Wildman–Crippen LogP) is 3.04. The molecule has 0 spiro atoms. The van der Waals surface area contributed by atoms with E-state index in [2.05, 4.69) is 24.9 Å². The fraction of sp³-hybridized carbons (Fsp3) is 0.227. The summed E-state index contributed by atoms with van der Waals surface area (Å²) in [6.07, 6.45) is 0. The third kappa shape index (κ3) is 5.14. The van der Waals surface area contributed by atoms with E-state index in [0.29, 0.717) is 36.2 Å². The molecule has 1 aromatic heterocycles. The molecule has 0 radical (unpaired) electrons. The van der Waals surface area contributed by atoms with Crippen molar-refractivity contribution in [3.63, 3.8) is 0 Å². The standard InChI is InChI=1S/C22H22N6O3S/c1-16-14-21(26-22(24-16)28-10-12-31-13-11-28)25-18-4-6-19(7-5-18)27-32(29,30)20-8-2-17(15-23)3-9-20/h2-9,14,27H,10-13H2,1H3,(H,24,25,26). The van der Waals surface area contributed by atoms with Gasteiger partial charge in [-0.2, -0.15) is 10.2 Å². The molecule has 2 heterocycles. The van der Waals surface area contributed by atoms with E-state index < -0.39 is 10.0 Å². The molecule has 164 valence electrons. The lowest BCUT2D eigenvalue weighted by Gasteiger charge is -2.27. The van der Waals surface area contributed by atoms with Gasteiger partial charge in [0.25, 0.3) is 10.0 Å². The number of aromatic nitrogens is 2. The number of hydrogen-bond donors (Lipinski definition) is 2. The van der Waals surface area contributed by atoms with Crippen molar-refractivity contribution < 1.29 is 13.2 Å². The number of hydrogen-bond acceptors (Lipinski definition) is 8. The molecule has 0 unspecified atom stereocenters. The summed E-state index contributed by atoms with van der Waals surface area (Å²) in [7, 11) is -3.75. The molecule has 32 heavy (non-hydrogen) atoms. The predicted molar refractivity (Wildman–Crippen MR) is 121 cm³/mol. The van der Waals surface area contributed by atoms with Crippen LogP contribution < -0.4 is 14.9 Å². The Kier molecular flexibility index (Phi) is 6.20. The largest absolute Gasteiger partial charge is 0.378 e. The summed E-state index contributed by atoms with van der Waals surface area (Å²) >= 11 is 0. The molecular weight excluding hydrogens is 428 g/mol. The zero-order chi connectivity index (χ0) is 22.6. The second-order valence-electron chi connectivity index (χ2n) is 7.24. The first kappa shape index (κ1) is 21.5. The van der Waals surface area contributed by atoms with Gasteiger partial charge in [-0.1, -0.05) is 0 Å². The summed E-state index contributed by atoms with van der Waals surface area (Å²) in [6, 6.07) is 16.4. The Hall–Kier alpha value is -3.68. The number of ether oxygens (including phenoxy) is 1. The monoisotopic (exact) mass is 450 g/mol. The van der Waals surface area contributed by atoms with Crippen LogP contribution in [0.25, 0.3) is 0 Å². The van der Waals surface area contributed by atoms with Gasteiger partial charge in [0.1, 0.15) is 5.82 Å². The average Bonchev–Trinajstić information content (AvgIpc) is 2.80. The van der Waals surface area contributed by atoms with Crippen LogP contribution in [0.1, 0.15) is 11.3 Å². The second-order valence-corrected chi connectivity index (χ2v) is 8.92. The van der Waals surface area contributed by atoms with Crippen LogP contribution in [-0.4, -0.2) is 44.7 Å². The van der Waals surface area contributed by atoms with E-state index in [4.69, 9.17) is 10.00 Å². The molecule has 10 heteroatoms. The summed E-state index contributed by atoms with van der Waals surface area (Å²) < 4.78 is 33.1. The molecule has 9 nitrogen and oxygen atoms in total. The fourth-order valence-electron chi connectivity index (χ4n) is 3.21. The fourth-order valence-corrected chi connectivity index (χ4v) is 4.27. The first-order chi connectivity index (χ1) is 15.4. The average molecular weight is 451 g/mol. The van der Waals surface area contributed by atoms with Gasteiger partial charge in [-0.05, 0) is 55.5 Å². The molecule has 0 atom stereocenters. The number of sulfonamides is 1. The number of anilines is 4. The van der Waals surface area contributed by atoms with E-state index in [1.165, 1.54) is 24.3 Å². The van der Waals surface area contributed by atoms with Crippen molar-refractivity contribution >= 4 is 33.2 Å². The van der Waals surface area contributed by atoms with Gasteiger partial charge in [0, 0.05) is 36.2 Å². The molecule has 0 saturated carbocycles. The molecule has 0 aliphatic carbocycles. The summed E-state index contributed by atoms with van der Waals surface area (Å²) in [6.45, 7) is 4.71. The number of benzene rings is 2. The van der Waals surface area contributed by atoms with Gasteiger partial charge in [0.15, 0.2) is 0 Å². The van der Waals surface area contributed by atoms with Crippen LogP contribution in [-0.2, 0) is 14.8 Å².